The molecule has 1 rings (SSSR count). The van der Waals surface area contributed by atoms with E-state index in [9.17, 15) is 4.79 Å². The molecule has 1 heterocycles. The normalized spacial score (nSPS) is 8.67. The van der Waals surface area contributed by atoms with Crippen molar-refractivity contribution in [2.75, 3.05) is 5.75 Å². The Balaban J connectivity index is 0.00000121. The number of aliphatic carboxylic acids is 1. The molecule has 0 fully saturated rings. The van der Waals surface area contributed by atoms with E-state index < -0.39 is 5.97 Å². The van der Waals surface area contributed by atoms with Gasteiger partial charge in [0.1, 0.15) is 0 Å². The molecule has 0 aliphatic carbocycles. The Morgan fingerprint density at radius 1 is 1.50 bits per heavy atom. The number of rotatable bonds is 3. The van der Waals surface area contributed by atoms with Crippen molar-refractivity contribution in [1.82, 2.24) is 9.97 Å². The van der Waals surface area contributed by atoms with Gasteiger partial charge in [0.05, 0.1) is 5.75 Å². The zero-order valence-electron chi connectivity index (χ0n) is 6.01. The van der Waals surface area contributed by atoms with Crippen molar-refractivity contribution in [3.8, 4) is 0 Å². The summed E-state index contributed by atoms with van der Waals surface area (Å²) in [5.41, 5.74) is 0. The van der Waals surface area contributed by atoms with E-state index in [-0.39, 0.29) is 18.2 Å². The zero-order chi connectivity index (χ0) is 8.10. The lowest BCUT2D eigenvalue weighted by Crippen LogP contribution is -1.98. The summed E-state index contributed by atoms with van der Waals surface area (Å²) in [5.74, 6) is -0.855. The second-order valence-corrected chi connectivity index (χ2v) is 2.66. The molecule has 0 aliphatic rings. The van der Waals surface area contributed by atoms with Gasteiger partial charge in [0.15, 0.2) is 5.16 Å². The summed E-state index contributed by atoms with van der Waals surface area (Å²) < 4.78 is 0. The van der Waals surface area contributed by atoms with Crippen LogP contribution in [0.2, 0.25) is 0 Å². The van der Waals surface area contributed by atoms with E-state index >= 15 is 0 Å². The van der Waals surface area contributed by atoms with E-state index in [0.29, 0.717) is 5.16 Å². The van der Waals surface area contributed by atoms with Crippen LogP contribution >= 0.6 is 24.2 Å². The van der Waals surface area contributed by atoms with Crippen LogP contribution in [0.4, 0.5) is 0 Å². The molecule has 6 heteroatoms. The van der Waals surface area contributed by atoms with Gasteiger partial charge in [-0.3, -0.25) is 4.79 Å². The number of carboxylic acids is 1. The van der Waals surface area contributed by atoms with Gasteiger partial charge in [0, 0.05) is 12.4 Å². The SMILES string of the molecule is Cl.O=C(O)CSc1ncccn1. The molecule has 66 valence electrons. The molecule has 0 radical (unpaired) electrons. The van der Waals surface area contributed by atoms with Crippen molar-refractivity contribution in [3.05, 3.63) is 18.5 Å². The van der Waals surface area contributed by atoms with Crippen molar-refractivity contribution in [3.63, 3.8) is 0 Å². The number of hydrogen-bond acceptors (Lipinski definition) is 4. The summed E-state index contributed by atoms with van der Waals surface area (Å²) in [5, 5.41) is 8.79. The molecular weight excluding hydrogens is 200 g/mol. The minimum Gasteiger partial charge on any atom is -0.481 e. The van der Waals surface area contributed by atoms with Crippen molar-refractivity contribution >= 4 is 30.1 Å². The third-order valence-electron chi connectivity index (χ3n) is 0.867. The Morgan fingerprint density at radius 2 is 2.08 bits per heavy atom. The fourth-order valence-electron chi connectivity index (χ4n) is 0.486. The van der Waals surface area contributed by atoms with Gasteiger partial charge in [0.25, 0.3) is 0 Å². The van der Waals surface area contributed by atoms with E-state index in [1.165, 1.54) is 0 Å². The molecule has 0 amide bonds. The maximum absolute atomic E-state index is 10.1. The van der Waals surface area contributed by atoms with Gasteiger partial charge in [-0.2, -0.15) is 0 Å². The van der Waals surface area contributed by atoms with Gasteiger partial charge >= 0.3 is 5.97 Å². The first-order valence-corrected chi connectivity index (χ1v) is 3.89. The summed E-state index contributed by atoms with van der Waals surface area (Å²) in [6, 6.07) is 1.69. The van der Waals surface area contributed by atoms with Crippen LogP contribution in [0.1, 0.15) is 0 Å². The number of carbonyl (C=O) groups is 1. The Hall–Kier alpha value is -0.810. The monoisotopic (exact) mass is 206 g/mol. The minimum absolute atomic E-state index is 0. The second-order valence-electron chi connectivity index (χ2n) is 1.71. The van der Waals surface area contributed by atoms with Crippen LogP contribution in [0.3, 0.4) is 0 Å². The molecule has 0 aromatic carbocycles. The Labute approximate surface area is 79.8 Å². The van der Waals surface area contributed by atoms with Crippen LogP contribution < -0.4 is 0 Å². The third-order valence-corrected chi connectivity index (χ3v) is 1.73. The number of aromatic nitrogens is 2. The van der Waals surface area contributed by atoms with E-state index in [0.717, 1.165) is 11.8 Å². The van der Waals surface area contributed by atoms with Gasteiger partial charge in [-0.1, -0.05) is 11.8 Å². The van der Waals surface area contributed by atoms with Crippen LogP contribution in [0.5, 0.6) is 0 Å². The van der Waals surface area contributed by atoms with E-state index in [2.05, 4.69) is 9.97 Å². The Kier molecular flexibility index (Phi) is 5.40. The van der Waals surface area contributed by atoms with Gasteiger partial charge in [-0.25, -0.2) is 9.97 Å². The Bertz CT molecular complexity index is 245. The van der Waals surface area contributed by atoms with Crippen molar-refractivity contribution in [2.24, 2.45) is 0 Å². The fraction of sp³-hybridized carbons (Fsp3) is 0.167. The first-order valence-electron chi connectivity index (χ1n) is 2.90. The summed E-state index contributed by atoms with van der Waals surface area (Å²) in [6.07, 6.45) is 3.16. The van der Waals surface area contributed by atoms with Crippen molar-refractivity contribution in [2.45, 2.75) is 5.16 Å². The highest BCUT2D eigenvalue weighted by molar-refractivity contribution is 7.99. The second kappa shape index (κ2) is 5.79. The zero-order valence-corrected chi connectivity index (χ0v) is 7.64. The third kappa shape index (κ3) is 4.15. The lowest BCUT2D eigenvalue weighted by molar-refractivity contribution is -0.133. The van der Waals surface area contributed by atoms with E-state index in [1.807, 2.05) is 0 Å². The van der Waals surface area contributed by atoms with Crippen molar-refractivity contribution in [1.29, 1.82) is 0 Å². The van der Waals surface area contributed by atoms with Gasteiger partial charge in [-0.15, -0.1) is 12.4 Å². The number of carboxylic acid groups (broad SMARTS) is 1. The lowest BCUT2D eigenvalue weighted by atomic mass is 10.7. The molecule has 0 atom stereocenters. The number of halogens is 1. The summed E-state index contributed by atoms with van der Waals surface area (Å²) in [6.45, 7) is 0. The molecule has 1 aromatic rings. The molecule has 0 saturated carbocycles. The molecular formula is C6H7ClN2O2S. The van der Waals surface area contributed by atoms with Crippen LogP contribution in [0, 0.1) is 0 Å². The van der Waals surface area contributed by atoms with Crippen LogP contribution in [0.15, 0.2) is 23.6 Å². The average molecular weight is 207 g/mol. The molecule has 0 aliphatic heterocycles. The first kappa shape index (κ1) is 11.2. The molecule has 0 bridgehead atoms. The smallest absolute Gasteiger partial charge is 0.313 e. The maximum Gasteiger partial charge on any atom is 0.313 e. The molecule has 0 unspecified atom stereocenters. The quantitative estimate of drug-likeness (QED) is 0.592. The molecule has 1 N–H and O–H groups in total. The molecule has 4 nitrogen and oxygen atoms in total. The predicted molar refractivity (Wildman–Crippen MR) is 47.6 cm³/mol. The first-order chi connectivity index (χ1) is 5.29. The molecule has 0 spiro atoms. The van der Waals surface area contributed by atoms with Gasteiger partial charge in [-0.05, 0) is 6.07 Å². The highest BCUT2D eigenvalue weighted by Crippen LogP contribution is 2.09. The standard InChI is InChI=1S/C6H6N2O2S.ClH/c9-5(10)4-11-6-7-2-1-3-8-6;/h1-3H,4H2,(H,9,10);1H. The lowest BCUT2D eigenvalue weighted by Gasteiger charge is -1.92. The molecule has 12 heavy (non-hydrogen) atoms. The van der Waals surface area contributed by atoms with Gasteiger partial charge in [0.2, 0.25) is 0 Å². The predicted octanol–water partition coefficient (Wildman–Crippen LogP) is 1.08. The van der Waals surface area contributed by atoms with Gasteiger partial charge < -0.3 is 5.11 Å². The topological polar surface area (TPSA) is 63.1 Å². The Morgan fingerprint density at radius 3 is 2.58 bits per heavy atom. The minimum atomic E-state index is -0.859. The van der Waals surface area contributed by atoms with Crippen molar-refractivity contribution < 1.29 is 9.90 Å². The summed E-state index contributed by atoms with van der Waals surface area (Å²) in [7, 11) is 0. The maximum atomic E-state index is 10.1. The van der Waals surface area contributed by atoms with E-state index in [1.54, 1.807) is 18.5 Å². The number of nitrogens with zero attached hydrogens (tertiary/aromatic N) is 2. The highest BCUT2D eigenvalue weighted by Gasteiger charge is 1.99. The largest absolute Gasteiger partial charge is 0.481 e. The summed E-state index contributed by atoms with van der Waals surface area (Å²) in [4.78, 5) is 17.8. The number of thioether (sulfide) groups is 1. The van der Waals surface area contributed by atoms with E-state index in [4.69, 9.17) is 5.11 Å². The van der Waals surface area contributed by atoms with Crippen LogP contribution in [-0.4, -0.2) is 26.8 Å². The average Bonchev–Trinajstić information content (AvgIpc) is 2.03. The molecule has 1 aromatic heterocycles. The van der Waals surface area contributed by atoms with Crippen LogP contribution in [0.25, 0.3) is 0 Å². The fourth-order valence-corrected chi connectivity index (χ4v) is 1.01. The van der Waals surface area contributed by atoms with Crippen LogP contribution in [-0.2, 0) is 4.79 Å². The molecule has 0 saturated heterocycles. The summed E-state index contributed by atoms with van der Waals surface area (Å²) >= 11 is 1.11. The number of hydrogen-bond donors (Lipinski definition) is 1. The highest BCUT2D eigenvalue weighted by atomic mass is 35.5.